The van der Waals surface area contributed by atoms with E-state index in [9.17, 15) is 39.5 Å². The fourth-order valence-corrected chi connectivity index (χ4v) is 4.22. The van der Waals surface area contributed by atoms with E-state index in [2.05, 4.69) is 122 Å². The standard InChI is InChI=1S/3C10H15.3C2HF3O2.3Ti/c3*1-7-6-10(4,5)9(3)8(7)2;3*3-2(4,5)1(6)7;;;/h3*1-5H3;3*(H,6,7);;;/q3*-1;;;;3*+2/p-3. The smallest absolute Gasteiger partial charge is 0.542 e. The van der Waals surface area contributed by atoms with Gasteiger partial charge in [0.15, 0.2) is 0 Å². The molecule has 0 heterocycles. The maximum atomic E-state index is 10.5. The maximum Gasteiger partial charge on any atom is 2.00 e. The maximum absolute atomic E-state index is 10.5. The molecule has 3 rings (SSSR count). The molecule has 18 heteroatoms. The zero-order valence-corrected chi connectivity index (χ0v) is 37.5. The van der Waals surface area contributed by atoms with Crippen LogP contribution in [0, 0.1) is 34.5 Å². The molecule has 54 heavy (non-hydrogen) atoms. The number of carbonyl (C=O) groups excluding carboxylic acids is 3. The topological polar surface area (TPSA) is 120 Å². The Labute approximate surface area is 357 Å². The molecule has 0 radical (unpaired) electrons. The van der Waals surface area contributed by atoms with Crippen molar-refractivity contribution in [2.75, 3.05) is 0 Å². The van der Waals surface area contributed by atoms with Gasteiger partial charge in [0.2, 0.25) is 0 Å². The second-order valence-electron chi connectivity index (χ2n) is 13.2. The third kappa shape index (κ3) is 22.8. The number of hydrogen-bond acceptors (Lipinski definition) is 6. The fourth-order valence-electron chi connectivity index (χ4n) is 4.22. The molecule has 0 N–H and O–H groups in total. The van der Waals surface area contributed by atoms with E-state index in [-0.39, 0.29) is 81.4 Å². The summed E-state index contributed by atoms with van der Waals surface area (Å²) in [5.41, 5.74) is 13.2. The van der Waals surface area contributed by atoms with Crippen molar-refractivity contribution in [2.24, 2.45) is 16.2 Å². The Bertz CT molecular complexity index is 1310. The summed E-state index contributed by atoms with van der Waals surface area (Å²) in [7, 11) is 0. The minimum absolute atomic E-state index is 0. The van der Waals surface area contributed by atoms with E-state index < -0.39 is 36.4 Å². The van der Waals surface area contributed by atoms with Gasteiger partial charge in [-0.15, -0.1) is 20.8 Å². The normalized spacial score (nSPS) is 17.4. The van der Waals surface area contributed by atoms with Crippen LogP contribution in [0.25, 0.3) is 0 Å². The van der Waals surface area contributed by atoms with Crippen LogP contribution in [0.3, 0.4) is 0 Å². The molecule has 0 aromatic carbocycles. The number of carboxylic acid groups (broad SMARTS) is 3. The van der Waals surface area contributed by atoms with Crippen LogP contribution in [0.15, 0.2) is 50.2 Å². The summed E-state index contributed by atoms with van der Waals surface area (Å²) < 4.78 is 94.6. The molecule has 0 spiro atoms. The van der Waals surface area contributed by atoms with Crippen LogP contribution in [-0.4, -0.2) is 36.4 Å². The Morgan fingerprint density at radius 3 is 0.537 bits per heavy atom. The number of halogens is 9. The van der Waals surface area contributed by atoms with Gasteiger partial charge in [-0.3, -0.25) is 18.2 Å². The largest absolute Gasteiger partial charge is 2.00 e. The summed E-state index contributed by atoms with van der Waals surface area (Å²) in [6.07, 6.45) is -5.28. The van der Waals surface area contributed by atoms with Crippen molar-refractivity contribution in [2.45, 2.75) is 122 Å². The van der Waals surface area contributed by atoms with Crippen molar-refractivity contribution in [1.29, 1.82) is 0 Å². The van der Waals surface area contributed by atoms with Crippen LogP contribution < -0.4 is 15.3 Å². The summed E-state index contributed by atoms with van der Waals surface area (Å²) >= 11 is 0. The quantitative estimate of drug-likeness (QED) is 0.144. The van der Waals surface area contributed by atoms with Gasteiger partial charge in [0.25, 0.3) is 0 Å². The molecule has 0 atom stereocenters. The predicted molar refractivity (Wildman–Crippen MR) is 167 cm³/mol. The SMILES string of the molecule is CC1=[C-]C(C)(C)C(C)=C1C.CC1=[C-]C(C)(C)C(C)=C1C.CC1=[C-]C(C)(C)C(C)=C1C.O=C([O-])C(F)(F)F.O=C([O-])C(F)(F)F.O=C([O-])C(F)(F)F.[Ti+2].[Ti+2].[Ti+2]. The van der Waals surface area contributed by atoms with Crippen LogP contribution in [0.2, 0.25) is 0 Å². The van der Waals surface area contributed by atoms with Crippen LogP contribution in [-0.2, 0) is 79.5 Å². The zero-order chi connectivity index (χ0) is 42.0. The van der Waals surface area contributed by atoms with Gasteiger partial charge in [-0.1, -0.05) is 99.3 Å². The van der Waals surface area contributed by atoms with Gasteiger partial charge in [0, 0.05) is 0 Å². The van der Waals surface area contributed by atoms with Gasteiger partial charge in [-0.25, -0.2) is 16.7 Å². The van der Waals surface area contributed by atoms with Gasteiger partial charge in [0.1, 0.15) is 17.9 Å². The van der Waals surface area contributed by atoms with E-state index in [1.807, 2.05) is 0 Å². The molecule has 0 saturated carbocycles. The molecule has 3 aliphatic rings. The molecule has 300 valence electrons. The Balaban J connectivity index is -0.000000128. The zero-order valence-electron chi connectivity index (χ0n) is 32.9. The molecule has 0 saturated heterocycles. The molecule has 0 fully saturated rings. The molecular weight excluding hydrogens is 843 g/mol. The van der Waals surface area contributed by atoms with E-state index in [1.54, 1.807) is 0 Å². The Morgan fingerprint density at radius 2 is 0.519 bits per heavy atom. The molecule has 0 aromatic rings. The first kappa shape index (κ1) is 64.3. The van der Waals surface area contributed by atoms with Crippen LogP contribution in [0.4, 0.5) is 39.5 Å². The fraction of sp³-hybridized carbons (Fsp3) is 0.583. The predicted octanol–water partition coefficient (Wildman–Crippen LogP) is 7.22. The number of alkyl halides is 9. The average Bonchev–Trinajstić information content (AvgIpc) is 3.31. The van der Waals surface area contributed by atoms with E-state index in [1.165, 1.54) is 50.2 Å². The monoisotopic (exact) mass is 888 g/mol. The van der Waals surface area contributed by atoms with Crippen LogP contribution in [0.1, 0.15) is 104 Å². The molecule has 3 aliphatic carbocycles. The van der Waals surface area contributed by atoms with Gasteiger partial charge >= 0.3 is 83.7 Å². The van der Waals surface area contributed by atoms with Gasteiger partial charge in [-0.2, -0.15) is 73.0 Å². The minimum atomic E-state index is -5.19. The van der Waals surface area contributed by atoms with Gasteiger partial charge in [0.05, 0.1) is 0 Å². The number of aliphatic carboxylic acids is 3. The van der Waals surface area contributed by atoms with Crippen molar-refractivity contribution in [1.82, 2.24) is 0 Å². The van der Waals surface area contributed by atoms with Crippen molar-refractivity contribution >= 4 is 17.9 Å². The van der Waals surface area contributed by atoms with E-state index in [0.717, 1.165) is 0 Å². The first-order valence-electron chi connectivity index (χ1n) is 14.9. The van der Waals surface area contributed by atoms with Crippen LogP contribution >= 0.6 is 0 Å². The molecule has 0 aliphatic heterocycles. The van der Waals surface area contributed by atoms with Gasteiger partial charge in [-0.05, 0) is 0 Å². The van der Waals surface area contributed by atoms with Gasteiger partial charge < -0.3 is 29.7 Å². The summed E-state index contributed by atoms with van der Waals surface area (Å²) in [4.78, 5) is 26.4. The number of carboxylic acids is 3. The van der Waals surface area contributed by atoms with E-state index in [4.69, 9.17) is 29.7 Å². The first-order valence-corrected chi connectivity index (χ1v) is 14.9. The second-order valence-corrected chi connectivity index (χ2v) is 13.2. The van der Waals surface area contributed by atoms with Crippen molar-refractivity contribution in [3.05, 3.63) is 68.4 Å². The van der Waals surface area contributed by atoms with Crippen molar-refractivity contribution in [3.63, 3.8) is 0 Å². The second kappa shape index (κ2) is 24.2. The van der Waals surface area contributed by atoms with Crippen molar-refractivity contribution in [3.8, 4) is 0 Å². The third-order valence-electron chi connectivity index (χ3n) is 8.38. The molecule has 0 aromatic heterocycles. The molecule has 0 amide bonds. The molecule has 0 unspecified atom stereocenters. The molecule has 0 bridgehead atoms. The van der Waals surface area contributed by atoms with Crippen LogP contribution in [0.5, 0.6) is 0 Å². The number of rotatable bonds is 0. The summed E-state index contributed by atoms with van der Waals surface area (Å²) in [5.74, 6) is -9.02. The number of carbonyl (C=O) groups is 3. The number of hydrogen-bond donors (Lipinski definition) is 0. The molecular formula is C36H45F9O6Ti3. The average molecular weight is 888 g/mol. The number of allylic oxidation sites excluding steroid dienone is 12. The first-order chi connectivity index (χ1) is 22.2. The summed E-state index contributed by atoms with van der Waals surface area (Å²) in [6.45, 7) is 32.8. The third-order valence-corrected chi connectivity index (χ3v) is 8.38. The summed E-state index contributed by atoms with van der Waals surface area (Å²) in [5, 5.41) is 26.4. The minimum Gasteiger partial charge on any atom is -0.542 e. The van der Waals surface area contributed by atoms with E-state index >= 15 is 0 Å². The van der Waals surface area contributed by atoms with E-state index in [0.29, 0.717) is 0 Å². The Morgan fingerprint density at radius 1 is 0.407 bits per heavy atom. The Hall–Kier alpha value is -1.64. The molecule has 6 nitrogen and oxygen atoms in total. The Kier molecular flexibility index (Phi) is 28.8. The van der Waals surface area contributed by atoms with Crippen molar-refractivity contribution < 1.29 is 134 Å². The summed E-state index contributed by atoms with van der Waals surface area (Å²) in [6, 6.07) is 0.